The number of carbonyl (C=O) groups is 1. The van der Waals surface area contributed by atoms with Crippen LogP contribution in [0, 0.1) is 0 Å². The van der Waals surface area contributed by atoms with Crippen molar-refractivity contribution in [3.63, 3.8) is 0 Å². The number of alkyl halides is 2. The Hall–Kier alpha value is -1.53. The highest BCUT2D eigenvalue weighted by Gasteiger charge is 2.49. The summed E-state index contributed by atoms with van der Waals surface area (Å²) in [6, 6.07) is 9.80. The van der Waals surface area contributed by atoms with Crippen LogP contribution in [0.1, 0.15) is 18.4 Å². The molecule has 1 amide bonds. The number of hydrogen-bond donors (Lipinski definition) is 0. The van der Waals surface area contributed by atoms with Crippen LogP contribution in [0.4, 0.5) is 8.78 Å². The lowest BCUT2D eigenvalue weighted by Gasteiger charge is -2.44. The number of likely N-dealkylation sites (tertiary alicyclic amines) is 2. The predicted molar refractivity (Wildman–Crippen MR) is 93.7 cm³/mol. The number of likely N-dealkylation sites (N-methyl/N-ethyl adjacent to an activating group) is 2. The molecule has 0 aliphatic carbocycles. The number of aryl methyl sites for hydroxylation is 1. The van der Waals surface area contributed by atoms with Crippen molar-refractivity contribution in [2.75, 3.05) is 40.3 Å². The van der Waals surface area contributed by atoms with Crippen LogP contribution in [-0.4, -0.2) is 78.9 Å². The third kappa shape index (κ3) is 4.55. The predicted octanol–water partition coefficient (Wildman–Crippen LogP) is 2.10. The number of rotatable bonds is 6. The van der Waals surface area contributed by atoms with E-state index in [1.54, 1.807) is 11.9 Å². The average molecular weight is 351 g/mol. The van der Waals surface area contributed by atoms with Gasteiger partial charge in [-0.2, -0.15) is 0 Å². The smallest absolute Gasteiger partial charge is 0.262 e. The van der Waals surface area contributed by atoms with Gasteiger partial charge in [-0.05, 0) is 19.0 Å². The molecule has 0 spiro atoms. The molecule has 2 fully saturated rings. The molecule has 0 N–H and O–H groups in total. The third-order valence-electron chi connectivity index (χ3n) is 5.31. The Kier molecular flexibility index (Phi) is 5.39. The summed E-state index contributed by atoms with van der Waals surface area (Å²) in [6.45, 7) is 1.86. The van der Waals surface area contributed by atoms with Crippen LogP contribution in [0.5, 0.6) is 0 Å². The molecule has 1 atom stereocenters. The number of halogens is 2. The molecule has 1 aromatic carbocycles. The summed E-state index contributed by atoms with van der Waals surface area (Å²) >= 11 is 0. The lowest BCUT2D eigenvalue weighted by molar-refractivity contribution is -0.130. The fourth-order valence-corrected chi connectivity index (χ4v) is 3.90. The molecular weight excluding hydrogens is 324 g/mol. The zero-order chi connectivity index (χ0) is 18.0. The van der Waals surface area contributed by atoms with Gasteiger partial charge in [0.2, 0.25) is 5.91 Å². The maximum Gasteiger partial charge on any atom is 0.262 e. The van der Waals surface area contributed by atoms with E-state index in [0.717, 1.165) is 18.7 Å². The van der Waals surface area contributed by atoms with Gasteiger partial charge in [0.05, 0.1) is 6.54 Å². The second-order valence-electron chi connectivity index (χ2n) is 7.52. The van der Waals surface area contributed by atoms with Crippen molar-refractivity contribution < 1.29 is 13.6 Å². The van der Waals surface area contributed by atoms with Gasteiger partial charge in [-0.15, -0.1) is 0 Å². The quantitative estimate of drug-likeness (QED) is 0.785. The molecular formula is C19H27F2N3O. The molecule has 0 aromatic heterocycles. The monoisotopic (exact) mass is 351 g/mol. The molecule has 138 valence electrons. The van der Waals surface area contributed by atoms with Crippen molar-refractivity contribution in [1.82, 2.24) is 14.7 Å². The van der Waals surface area contributed by atoms with Crippen molar-refractivity contribution in [2.24, 2.45) is 0 Å². The van der Waals surface area contributed by atoms with Crippen molar-refractivity contribution in [2.45, 2.75) is 37.3 Å². The van der Waals surface area contributed by atoms with E-state index in [4.69, 9.17) is 0 Å². The van der Waals surface area contributed by atoms with Crippen LogP contribution in [0.3, 0.4) is 0 Å². The highest BCUT2D eigenvalue weighted by Crippen LogP contribution is 2.35. The lowest BCUT2D eigenvalue weighted by Crippen LogP contribution is -2.60. The number of nitrogens with zero attached hydrogens (tertiary/aromatic N) is 3. The molecule has 2 aliphatic rings. The van der Waals surface area contributed by atoms with Crippen LogP contribution >= 0.6 is 0 Å². The second kappa shape index (κ2) is 7.38. The highest BCUT2D eigenvalue weighted by molar-refractivity contribution is 5.76. The zero-order valence-corrected chi connectivity index (χ0v) is 15.0. The Morgan fingerprint density at radius 1 is 1.28 bits per heavy atom. The maximum atomic E-state index is 13.9. The summed E-state index contributed by atoms with van der Waals surface area (Å²) < 4.78 is 27.8. The first-order chi connectivity index (χ1) is 11.8. The largest absolute Gasteiger partial charge is 0.344 e. The second-order valence-corrected chi connectivity index (χ2v) is 7.52. The number of amides is 1. The Morgan fingerprint density at radius 2 is 1.96 bits per heavy atom. The van der Waals surface area contributed by atoms with E-state index < -0.39 is 5.92 Å². The van der Waals surface area contributed by atoms with E-state index in [0.29, 0.717) is 19.4 Å². The van der Waals surface area contributed by atoms with Gasteiger partial charge < -0.3 is 9.80 Å². The molecule has 1 aromatic rings. The van der Waals surface area contributed by atoms with E-state index in [1.807, 2.05) is 42.3 Å². The standard InChI is InChI=1S/C19H27F2N3O/c1-22-11-17(12-22)24-14-19(20,21)10-16(24)13-23(2)18(25)9-8-15-6-4-3-5-7-15/h3-7,16-17H,8-14H2,1-2H3/t16-/m0/s1. The molecule has 3 rings (SSSR count). The van der Waals surface area contributed by atoms with E-state index >= 15 is 0 Å². The molecule has 0 radical (unpaired) electrons. The molecule has 0 unspecified atom stereocenters. The first-order valence-corrected chi connectivity index (χ1v) is 8.94. The fraction of sp³-hybridized carbons (Fsp3) is 0.632. The minimum absolute atomic E-state index is 0.0183. The zero-order valence-electron chi connectivity index (χ0n) is 15.0. The minimum Gasteiger partial charge on any atom is -0.344 e. The van der Waals surface area contributed by atoms with Gasteiger partial charge in [0.25, 0.3) is 5.92 Å². The van der Waals surface area contributed by atoms with Gasteiger partial charge in [-0.25, -0.2) is 8.78 Å². The van der Waals surface area contributed by atoms with E-state index in [9.17, 15) is 13.6 Å². The highest BCUT2D eigenvalue weighted by atomic mass is 19.3. The number of hydrogen-bond acceptors (Lipinski definition) is 3. The van der Waals surface area contributed by atoms with E-state index in [1.165, 1.54) is 0 Å². The average Bonchev–Trinajstić information content (AvgIpc) is 2.84. The Labute approximate surface area is 148 Å². The van der Waals surface area contributed by atoms with E-state index in [-0.39, 0.29) is 31.0 Å². The molecule has 6 heteroatoms. The SMILES string of the molecule is CN1CC(N2CC(F)(F)C[C@H]2CN(C)C(=O)CCc2ccccc2)C1. The van der Waals surface area contributed by atoms with Gasteiger partial charge in [-0.1, -0.05) is 30.3 Å². The Morgan fingerprint density at radius 3 is 2.60 bits per heavy atom. The molecule has 2 aliphatic heterocycles. The first-order valence-electron chi connectivity index (χ1n) is 8.94. The summed E-state index contributed by atoms with van der Waals surface area (Å²) in [6.07, 6.45) is 0.946. The number of carbonyl (C=O) groups excluding carboxylic acids is 1. The summed E-state index contributed by atoms with van der Waals surface area (Å²) in [4.78, 5) is 18.1. The van der Waals surface area contributed by atoms with Gasteiger partial charge in [0, 0.05) is 51.6 Å². The third-order valence-corrected chi connectivity index (χ3v) is 5.31. The van der Waals surface area contributed by atoms with Crippen molar-refractivity contribution in [1.29, 1.82) is 0 Å². The molecule has 0 bridgehead atoms. The van der Waals surface area contributed by atoms with Crippen LogP contribution in [0.2, 0.25) is 0 Å². The number of benzene rings is 1. The lowest BCUT2D eigenvalue weighted by atomic mass is 10.1. The van der Waals surface area contributed by atoms with Crippen LogP contribution in [0.25, 0.3) is 0 Å². The van der Waals surface area contributed by atoms with Crippen LogP contribution in [0.15, 0.2) is 30.3 Å². The summed E-state index contributed by atoms with van der Waals surface area (Å²) in [5.41, 5.74) is 1.12. The Bertz CT molecular complexity index is 590. The molecule has 2 heterocycles. The molecule has 0 saturated carbocycles. The summed E-state index contributed by atoms with van der Waals surface area (Å²) in [5.74, 6) is -2.63. The maximum absolute atomic E-state index is 13.9. The fourth-order valence-electron chi connectivity index (χ4n) is 3.90. The van der Waals surface area contributed by atoms with Gasteiger partial charge >= 0.3 is 0 Å². The van der Waals surface area contributed by atoms with E-state index in [2.05, 4.69) is 4.90 Å². The topological polar surface area (TPSA) is 26.8 Å². The molecule has 25 heavy (non-hydrogen) atoms. The first kappa shape index (κ1) is 18.3. The van der Waals surface area contributed by atoms with Gasteiger partial charge in [0.15, 0.2) is 0 Å². The molecule has 4 nitrogen and oxygen atoms in total. The van der Waals surface area contributed by atoms with Gasteiger partial charge in [0.1, 0.15) is 0 Å². The van der Waals surface area contributed by atoms with Crippen molar-refractivity contribution >= 4 is 5.91 Å². The molecule has 2 saturated heterocycles. The summed E-state index contributed by atoms with van der Waals surface area (Å²) in [7, 11) is 3.73. The van der Waals surface area contributed by atoms with Gasteiger partial charge in [-0.3, -0.25) is 9.69 Å². The Balaban J connectivity index is 1.53. The minimum atomic E-state index is -2.65. The summed E-state index contributed by atoms with van der Waals surface area (Å²) in [5, 5.41) is 0. The van der Waals surface area contributed by atoms with Crippen LogP contribution < -0.4 is 0 Å². The normalized spacial score (nSPS) is 24.2. The van der Waals surface area contributed by atoms with Crippen molar-refractivity contribution in [3.05, 3.63) is 35.9 Å². The van der Waals surface area contributed by atoms with Crippen molar-refractivity contribution in [3.8, 4) is 0 Å². The van der Waals surface area contributed by atoms with Crippen LogP contribution in [-0.2, 0) is 11.2 Å².